The molecule has 1 atom stereocenters. The fourth-order valence-corrected chi connectivity index (χ4v) is 2.29. The maximum Gasteiger partial charge on any atom is 0.289 e. The molecule has 1 saturated heterocycles. The van der Waals surface area contributed by atoms with Crippen LogP contribution in [0.5, 0.6) is 0 Å². The molecular weight excluding hydrogens is 216 g/mol. The molecule has 2 rings (SSSR count). The van der Waals surface area contributed by atoms with Gasteiger partial charge in [0.05, 0.1) is 0 Å². The Bertz CT molecular complexity index is 381. The summed E-state index contributed by atoms with van der Waals surface area (Å²) in [7, 11) is 0. The van der Waals surface area contributed by atoms with Crippen LogP contribution < -0.4 is 5.32 Å². The van der Waals surface area contributed by atoms with Crippen molar-refractivity contribution in [3.8, 4) is 0 Å². The van der Waals surface area contributed by atoms with Crippen molar-refractivity contribution in [1.82, 2.24) is 10.2 Å². The summed E-state index contributed by atoms with van der Waals surface area (Å²) in [4.78, 5) is 14.3. The fraction of sp³-hybridized carbons (Fsp3) is 0.615. The Morgan fingerprint density at radius 3 is 2.94 bits per heavy atom. The average molecular weight is 236 g/mol. The van der Waals surface area contributed by atoms with Gasteiger partial charge in [-0.05, 0) is 38.4 Å². The SMILES string of the molecule is CCCN(C(=O)c1ccc(C)o1)C1CCNC1. The van der Waals surface area contributed by atoms with Crippen LogP contribution in [0.2, 0.25) is 0 Å². The largest absolute Gasteiger partial charge is 0.456 e. The van der Waals surface area contributed by atoms with Crippen LogP contribution >= 0.6 is 0 Å². The summed E-state index contributed by atoms with van der Waals surface area (Å²) in [6.45, 7) is 6.64. The van der Waals surface area contributed by atoms with Crippen LogP contribution in [0.4, 0.5) is 0 Å². The molecule has 1 aliphatic rings. The summed E-state index contributed by atoms with van der Waals surface area (Å²) in [5.74, 6) is 1.27. The number of hydrogen-bond donors (Lipinski definition) is 1. The highest BCUT2D eigenvalue weighted by molar-refractivity contribution is 5.91. The second-order valence-corrected chi connectivity index (χ2v) is 4.56. The Morgan fingerprint density at radius 1 is 1.59 bits per heavy atom. The number of furan rings is 1. The van der Waals surface area contributed by atoms with Gasteiger partial charge in [-0.2, -0.15) is 0 Å². The van der Waals surface area contributed by atoms with Crippen LogP contribution in [-0.2, 0) is 0 Å². The van der Waals surface area contributed by atoms with E-state index in [4.69, 9.17) is 4.42 Å². The van der Waals surface area contributed by atoms with E-state index in [0.717, 1.165) is 38.2 Å². The summed E-state index contributed by atoms with van der Waals surface area (Å²) >= 11 is 0. The molecule has 1 aromatic heterocycles. The summed E-state index contributed by atoms with van der Waals surface area (Å²) in [6.07, 6.45) is 2.01. The quantitative estimate of drug-likeness (QED) is 0.867. The third-order valence-corrected chi connectivity index (χ3v) is 3.15. The van der Waals surface area contributed by atoms with E-state index in [0.29, 0.717) is 11.8 Å². The molecule has 0 bridgehead atoms. The van der Waals surface area contributed by atoms with E-state index >= 15 is 0 Å². The van der Waals surface area contributed by atoms with Gasteiger partial charge in [0, 0.05) is 19.1 Å². The first-order valence-electron chi connectivity index (χ1n) is 6.30. The standard InChI is InChI=1S/C13H20N2O2/c1-3-8-15(11-6-7-14-9-11)13(16)12-5-4-10(2)17-12/h4-5,11,14H,3,6-9H2,1-2H3. The molecule has 0 aromatic carbocycles. The van der Waals surface area contributed by atoms with Gasteiger partial charge < -0.3 is 14.6 Å². The first-order valence-corrected chi connectivity index (χ1v) is 6.30. The molecule has 1 unspecified atom stereocenters. The topological polar surface area (TPSA) is 45.5 Å². The van der Waals surface area contributed by atoms with Crippen LogP contribution in [-0.4, -0.2) is 36.5 Å². The van der Waals surface area contributed by atoms with Gasteiger partial charge in [0.2, 0.25) is 0 Å². The van der Waals surface area contributed by atoms with E-state index in [9.17, 15) is 4.79 Å². The van der Waals surface area contributed by atoms with Crippen LogP contribution in [0.1, 0.15) is 36.1 Å². The third-order valence-electron chi connectivity index (χ3n) is 3.15. The Hall–Kier alpha value is -1.29. The molecule has 0 saturated carbocycles. The molecule has 1 fully saturated rings. The molecule has 1 aliphatic heterocycles. The van der Waals surface area contributed by atoms with Gasteiger partial charge in [-0.25, -0.2) is 0 Å². The zero-order valence-corrected chi connectivity index (χ0v) is 10.5. The molecule has 4 nitrogen and oxygen atoms in total. The van der Waals surface area contributed by atoms with Gasteiger partial charge in [-0.1, -0.05) is 6.92 Å². The maximum atomic E-state index is 12.3. The predicted octanol–water partition coefficient (Wildman–Crippen LogP) is 1.80. The third kappa shape index (κ3) is 2.69. The normalized spacial score (nSPS) is 19.5. The molecule has 17 heavy (non-hydrogen) atoms. The molecule has 0 spiro atoms. The summed E-state index contributed by atoms with van der Waals surface area (Å²) in [5, 5.41) is 3.30. The Kier molecular flexibility index (Phi) is 3.84. The zero-order valence-electron chi connectivity index (χ0n) is 10.5. The Balaban J connectivity index is 2.12. The maximum absolute atomic E-state index is 12.3. The van der Waals surface area contributed by atoms with Crippen molar-refractivity contribution >= 4 is 5.91 Å². The highest BCUT2D eigenvalue weighted by atomic mass is 16.3. The summed E-state index contributed by atoms with van der Waals surface area (Å²) < 4.78 is 5.42. The van der Waals surface area contributed by atoms with Crippen molar-refractivity contribution in [1.29, 1.82) is 0 Å². The molecule has 0 radical (unpaired) electrons. The molecule has 0 aliphatic carbocycles. The van der Waals surface area contributed by atoms with E-state index in [-0.39, 0.29) is 5.91 Å². The fourth-order valence-electron chi connectivity index (χ4n) is 2.29. The van der Waals surface area contributed by atoms with Gasteiger partial charge in [0.25, 0.3) is 5.91 Å². The smallest absolute Gasteiger partial charge is 0.289 e. The molecule has 4 heteroatoms. The predicted molar refractivity (Wildman–Crippen MR) is 66.0 cm³/mol. The highest BCUT2D eigenvalue weighted by Gasteiger charge is 2.28. The van der Waals surface area contributed by atoms with Crippen LogP contribution in [0.25, 0.3) is 0 Å². The van der Waals surface area contributed by atoms with Crippen LogP contribution in [0.15, 0.2) is 16.5 Å². The second kappa shape index (κ2) is 5.36. The lowest BCUT2D eigenvalue weighted by atomic mass is 10.2. The van der Waals surface area contributed by atoms with Gasteiger partial charge in [-0.3, -0.25) is 4.79 Å². The Labute approximate surface area is 102 Å². The lowest BCUT2D eigenvalue weighted by Gasteiger charge is -2.27. The van der Waals surface area contributed by atoms with E-state index in [1.807, 2.05) is 17.9 Å². The highest BCUT2D eigenvalue weighted by Crippen LogP contribution is 2.15. The number of aryl methyl sites for hydroxylation is 1. The zero-order chi connectivity index (χ0) is 12.3. The minimum Gasteiger partial charge on any atom is -0.456 e. The van der Waals surface area contributed by atoms with Crippen molar-refractivity contribution < 1.29 is 9.21 Å². The Morgan fingerprint density at radius 2 is 2.41 bits per heavy atom. The number of rotatable bonds is 4. The van der Waals surface area contributed by atoms with Crippen molar-refractivity contribution in [3.05, 3.63) is 23.7 Å². The van der Waals surface area contributed by atoms with E-state index in [2.05, 4.69) is 12.2 Å². The monoisotopic (exact) mass is 236 g/mol. The van der Waals surface area contributed by atoms with E-state index in [1.165, 1.54) is 0 Å². The first-order chi connectivity index (χ1) is 8.22. The number of nitrogens with one attached hydrogen (secondary N) is 1. The lowest BCUT2D eigenvalue weighted by Crippen LogP contribution is -2.41. The average Bonchev–Trinajstić information content (AvgIpc) is 2.95. The van der Waals surface area contributed by atoms with Gasteiger partial charge in [0.15, 0.2) is 5.76 Å². The lowest BCUT2D eigenvalue weighted by molar-refractivity contribution is 0.0658. The molecule has 2 heterocycles. The van der Waals surface area contributed by atoms with Crippen molar-refractivity contribution in [2.75, 3.05) is 19.6 Å². The van der Waals surface area contributed by atoms with Gasteiger partial charge >= 0.3 is 0 Å². The molecule has 1 N–H and O–H groups in total. The van der Waals surface area contributed by atoms with Crippen molar-refractivity contribution in [2.24, 2.45) is 0 Å². The summed E-state index contributed by atoms with van der Waals surface area (Å²) in [5.41, 5.74) is 0. The number of carbonyl (C=O) groups excluding carboxylic acids is 1. The molecule has 1 aromatic rings. The number of carbonyl (C=O) groups is 1. The molecular formula is C13H20N2O2. The summed E-state index contributed by atoms with van der Waals surface area (Å²) in [6, 6.07) is 3.92. The molecule has 1 amide bonds. The van der Waals surface area contributed by atoms with Crippen molar-refractivity contribution in [3.63, 3.8) is 0 Å². The minimum absolute atomic E-state index is 0.0219. The van der Waals surface area contributed by atoms with Crippen LogP contribution in [0, 0.1) is 6.92 Å². The number of nitrogens with zero attached hydrogens (tertiary/aromatic N) is 1. The number of hydrogen-bond acceptors (Lipinski definition) is 3. The van der Waals surface area contributed by atoms with E-state index in [1.54, 1.807) is 6.07 Å². The first kappa shape index (κ1) is 12.2. The van der Waals surface area contributed by atoms with Gasteiger partial charge in [0.1, 0.15) is 5.76 Å². The minimum atomic E-state index is 0.0219. The van der Waals surface area contributed by atoms with Crippen LogP contribution in [0.3, 0.4) is 0 Å². The van der Waals surface area contributed by atoms with Gasteiger partial charge in [-0.15, -0.1) is 0 Å². The van der Waals surface area contributed by atoms with Crippen molar-refractivity contribution in [2.45, 2.75) is 32.7 Å². The second-order valence-electron chi connectivity index (χ2n) is 4.56. The molecule has 94 valence electrons. The number of amides is 1. The van der Waals surface area contributed by atoms with E-state index < -0.39 is 0 Å².